The molecule has 0 atom stereocenters. The number of carbonyl (C=O) groups is 2. The molecule has 0 aliphatic carbocycles. The summed E-state index contributed by atoms with van der Waals surface area (Å²) in [4.78, 5) is 34.0. The van der Waals surface area contributed by atoms with Crippen LogP contribution >= 0.6 is 0 Å². The number of rotatable bonds is 3. The van der Waals surface area contributed by atoms with Gasteiger partial charge >= 0.3 is 6.09 Å². The molecule has 1 saturated heterocycles. The number of hydrogen-bond donors (Lipinski definition) is 1. The molecule has 4 heterocycles. The van der Waals surface area contributed by atoms with Gasteiger partial charge in [0.1, 0.15) is 11.1 Å². The van der Waals surface area contributed by atoms with E-state index < -0.39 is 5.60 Å². The van der Waals surface area contributed by atoms with Gasteiger partial charge in [0.2, 0.25) is 0 Å². The van der Waals surface area contributed by atoms with Crippen molar-refractivity contribution in [2.75, 3.05) is 36.4 Å². The second-order valence-corrected chi connectivity index (χ2v) is 10.2. The van der Waals surface area contributed by atoms with Crippen LogP contribution in [0.3, 0.4) is 0 Å². The number of anilines is 2. The minimum absolute atomic E-state index is 0.309. The van der Waals surface area contributed by atoms with Crippen LogP contribution in [0, 0.1) is 13.8 Å². The Hall–Kier alpha value is -4.28. The highest BCUT2D eigenvalue weighted by atomic mass is 16.6. The first-order chi connectivity index (χ1) is 17.6. The van der Waals surface area contributed by atoms with Gasteiger partial charge in [0, 0.05) is 31.6 Å². The molecule has 5 rings (SSSR count). The molecule has 1 aliphatic heterocycles. The van der Waals surface area contributed by atoms with Crippen LogP contribution in [0.25, 0.3) is 16.6 Å². The van der Waals surface area contributed by atoms with Crippen molar-refractivity contribution < 1.29 is 14.3 Å². The Morgan fingerprint density at radius 3 is 2.57 bits per heavy atom. The van der Waals surface area contributed by atoms with E-state index >= 15 is 0 Å². The molecular formula is C26H30N8O3. The number of carbonyl (C=O) groups excluding carboxylic acids is 2. The monoisotopic (exact) mass is 502 g/mol. The minimum atomic E-state index is -0.534. The van der Waals surface area contributed by atoms with E-state index in [0.717, 1.165) is 28.0 Å². The van der Waals surface area contributed by atoms with Crippen LogP contribution in [0.4, 0.5) is 16.3 Å². The van der Waals surface area contributed by atoms with Crippen LogP contribution in [-0.4, -0.2) is 73.5 Å². The van der Waals surface area contributed by atoms with E-state index in [0.29, 0.717) is 43.1 Å². The Morgan fingerprint density at radius 1 is 1.08 bits per heavy atom. The lowest BCUT2D eigenvalue weighted by Crippen LogP contribution is -2.50. The minimum Gasteiger partial charge on any atom is -0.444 e. The van der Waals surface area contributed by atoms with Crippen molar-refractivity contribution in [3.8, 4) is 0 Å². The molecule has 3 aromatic heterocycles. The predicted molar refractivity (Wildman–Crippen MR) is 140 cm³/mol. The van der Waals surface area contributed by atoms with E-state index in [1.165, 1.54) is 0 Å². The highest BCUT2D eigenvalue weighted by Crippen LogP contribution is 2.28. The molecule has 11 heteroatoms. The summed E-state index contributed by atoms with van der Waals surface area (Å²) in [6.45, 7) is 11.7. The molecule has 4 aromatic rings. The van der Waals surface area contributed by atoms with Gasteiger partial charge in [-0.05, 0) is 52.3 Å². The third-order valence-electron chi connectivity index (χ3n) is 6.14. The highest BCUT2D eigenvalue weighted by Gasteiger charge is 2.27. The number of amides is 2. The van der Waals surface area contributed by atoms with E-state index in [2.05, 4.69) is 30.5 Å². The summed E-state index contributed by atoms with van der Waals surface area (Å²) in [5.74, 6) is 0.0988. The number of fused-ring (bicyclic) bond motifs is 2. The smallest absolute Gasteiger partial charge is 0.410 e. The first-order valence-electron chi connectivity index (χ1n) is 12.2. The van der Waals surface area contributed by atoms with Crippen LogP contribution in [0.2, 0.25) is 0 Å². The van der Waals surface area contributed by atoms with E-state index in [1.54, 1.807) is 27.7 Å². The largest absolute Gasteiger partial charge is 0.444 e. The zero-order valence-corrected chi connectivity index (χ0v) is 21.6. The first kappa shape index (κ1) is 24.4. The topological polar surface area (TPSA) is 118 Å². The Balaban J connectivity index is 1.37. The van der Waals surface area contributed by atoms with Gasteiger partial charge in [0.05, 0.1) is 29.3 Å². The number of aryl methyl sites for hydroxylation is 2. The van der Waals surface area contributed by atoms with Crippen molar-refractivity contribution in [3.63, 3.8) is 0 Å². The van der Waals surface area contributed by atoms with Crippen molar-refractivity contribution in [1.29, 1.82) is 0 Å². The summed E-state index contributed by atoms with van der Waals surface area (Å²) >= 11 is 0. The second kappa shape index (κ2) is 9.30. The third kappa shape index (κ3) is 5.02. The summed E-state index contributed by atoms with van der Waals surface area (Å²) in [5.41, 5.74) is 3.75. The number of ether oxygens (including phenoxy) is 1. The summed E-state index contributed by atoms with van der Waals surface area (Å²) in [5, 5.41) is 16.7. The van der Waals surface area contributed by atoms with Gasteiger partial charge in [-0.2, -0.15) is 5.10 Å². The lowest BCUT2D eigenvalue weighted by Gasteiger charge is -2.36. The van der Waals surface area contributed by atoms with Crippen molar-refractivity contribution in [2.24, 2.45) is 0 Å². The Kier molecular flexibility index (Phi) is 6.14. The first-order valence-corrected chi connectivity index (χ1v) is 12.2. The van der Waals surface area contributed by atoms with Crippen LogP contribution < -0.4 is 10.2 Å². The average Bonchev–Trinajstić information content (AvgIpc) is 3.23. The van der Waals surface area contributed by atoms with Gasteiger partial charge in [0.15, 0.2) is 11.5 Å². The van der Waals surface area contributed by atoms with E-state index in [4.69, 9.17) is 4.74 Å². The molecule has 1 aromatic carbocycles. The summed E-state index contributed by atoms with van der Waals surface area (Å²) in [6, 6.07) is 7.29. The van der Waals surface area contributed by atoms with Crippen LogP contribution in [0.5, 0.6) is 0 Å². The van der Waals surface area contributed by atoms with Crippen molar-refractivity contribution >= 4 is 40.1 Å². The maximum atomic E-state index is 13.3. The van der Waals surface area contributed by atoms with Crippen molar-refractivity contribution in [2.45, 2.75) is 40.2 Å². The normalized spacial score (nSPS) is 14.3. The molecule has 0 saturated carbocycles. The molecule has 1 fully saturated rings. The molecular weight excluding hydrogens is 472 g/mol. The lowest BCUT2D eigenvalue weighted by atomic mass is 10.1. The second-order valence-electron chi connectivity index (χ2n) is 10.2. The number of piperazine rings is 1. The molecule has 1 aliphatic rings. The van der Waals surface area contributed by atoms with Crippen molar-refractivity contribution in [3.05, 3.63) is 53.5 Å². The van der Waals surface area contributed by atoms with Gasteiger partial charge < -0.3 is 19.9 Å². The molecule has 37 heavy (non-hydrogen) atoms. The summed E-state index contributed by atoms with van der Waals surface area (Å²) in [7, 11) is 0. The molecule has 0 spiro atoms. The lowest BCUT2D eigenvalue weighted by molar-refractivity contribution is 0.0240. The third-order valence-corrected chi connectivity index (χ3v) is 6.14. The fraction of sp³-hybridized carbons (Fsp3) is 0.385. The average molecular weight is 503 g/mol. The van der Waals surface area contributed by atoms with Gasteiger partial charge in [-0.25, -0.2) is 14.3 Å². The number of benzene rings is 1. The van der Waals surface area contributed by atoms with E-state index in [1.807, 2.05) is 52.9 Å². The van der Waals surface area contributed by atoms with Gasteiger partial charge in [-0.3, -0.25) is 4.79 Å². The Labute approximate surface area is 214 Å². The fourth-order valence-corrected chi connectivity index (χ4v) is 4.45. The quantitative estimate of drug-likeness (QED) is 0.452. The molecule has 1 N–H and O–H groups in total. The standard InChI is InChI=1S/C26H30N8O3/c1-16-13-21(31-34-15-17(2)28-23(16)34)29-24(35)19-8-6-7-18-20(14-27-30-22(18)19)32-9-11-33(12-10-32)25(36)37-26(3,4)5/h6-8,13-15H,9-12H2,1-5H3,(H,29,31,35). The number of aromatic nitrogens is 5. The molecule has 192 valence electrons. The van der Waals surface area contributed by atoms with Crippen molar-refractivity contribution in [1.82, 2.24) is 29.7 Å². The number of nitrogens with zero attached hydrogens (tertiary/aromatic N) is 7. The Morgan fingerprint density at radius 2 is 1.84 bits per heavy atom. The van der Waals surface area contributed by atoms with E-state index in [-0.39, 0.29) is 12.0 Å². The number of nitrogens with one attached hydrogen (secondary N) is 1. The maximum Gasteiger partial charge on any atom is 0.410 e. The predicted octanol–water partition coefficient (Wildman–Crippen LogP) is 3.60. The summed E-state index contributed by atoms with van der Waals surface area (Å²) in [6.07, 6.45) is 3.21. The zero-order valence-electron chi connectivity index (χ0n) is 21.6. The number of hydrogen-bond acceptors (Lipinski definition) is 8. The summed E-state index contributed by atoms with van der Waals surface area (Å²) < 4.78 is 7.17. The molecule has 2 amide bonds. The SMILES string of the molecule is Cc1cn2nc(NC(=O)c3cccc4c(N5CCN(C(=O)OC(C)(C)C)CC5)cnnc34)cc(C)c2n1. The van der Waals surface area contributed by atoms with Crippen LogP contribution in [-0.2, 0) is 4.74 Å². The van der Waals surface area contributed by atoms with Crippen LogP contribution in [0.15, 0.2) is 36.7 Å². The van der Waals surface area contributed by atoms with Crippen LogP contribution in [0.1, 0.15) is 42.4 Å². The molecule has 0 unspecified atom stereocenters. The zero-order chi connectivity index (χ0) is 26.3. The molecule has 0 radical (unpaired) electrons. The van der Waals surface area contributed by atoms with Gasteiger partial charge in [0.25, 0.3) is 5.91 Å². The Bertz CT molecular complexity index is 1500. The fourth-order valence-electron chi connectivity index (χ4n) is 4.45. The van der Waals surface area contributed by atoms with Gasteiger partial charge in [-0.15, -0.1) is 10.2 Å². The molecule has 11 nitrogen and oxygen atoms in total. The highest BCUT2D eigenvalue weighted by molar-refractivity contribution is 6.13. The molecule has 0 bridgehead atoms. The number of imidazole rings is 1. The van der Waals surface area contributed by atoms with Gasteiger partial charge in [-0.1, -0.05) is 12.1 Å². The van der Waals surface area contributed by atoms with E-state index in [9.17, 15) is 9.59 Å². The maximum absolute atomic E-state index is 13.3.